The summed E-state index contributed by atoms with van der Waals surface area (Å²) in [5.74, 6) is 0.964. The highest BCUT2D eigenvalue weighted by Crippen LogP contribution is 2.36. The summed E-state index contributed by atoms with van der Waals surface area (Å²) in [4.78, 5) is 14.7. The van der Waals surface area contributed by atoms with Crippen molar-refractivity contribution in [2.45, 2.75) is 6.54 Å². The molecule has 49 heavy (non-hydrogen) atoms. The Labute approximate surface area is 282 Å². The maximum Gasteiger partial charge on any atom is 0.161 e. The van der Waals surface area contributed by atoms with Gasteiger partial charge in [-0.15, -0.1) is 0 Å². The highest BCUT2D eigenvalue weighted by molar-refractivity contribution is 6.24. The Morgan fingerprint density at radius 3 is 2.12 bits per heavy atom. The molecule has 0 saturated heterocycles. The standard InChI is InChI=1S/C44H29N3O2/c1-45-43(47-44(46-27-28-11-3-2-4-12-28)37-18-9-16-34-33-15-7-8-19-38(33)49-42(34)37)36-17-10-20-39-41(36)35-24-23-32(26-40(35)48-39)31-22-21-29-13-5-6-14-30(29)25-31/h2-26H,1,27H2. The van der Waals surface area contributed by atoms with Crippen molar-refractivity contribution in [1.29, 1.82) is 0 Å². The first-order valence-electron chi connectivity index (χ1n) is 16.2. The molecule has 0 saturated carbocycles. The van der Waals surface area contributed by atoms with E-state index < -0.39 is 0 Å². The predicted octanol–water partition coefficient (Wildman–Crippen LogP) is 11.4. The van der Waals surface area contributed by atoms with E-state index in [-0.39, 0.29) is 0 Å². The van der Waals surface area contributed by atoms with E-state index in [4.69, 9.17) is 18.8 Å². The van der Waals surface area contributed by atoms with Crippen LogP contribution in [0.15, 0.2) is 175 Å². The van der Waals surface area contributed by atoms with Crippen LogP contribution >= 0.6 is 0 Å². The van der Waals surface area contributed by atoms with Gasteiger partial charge < -0.3 is 8.83 Å². The van der Waals surface area contributed by atoms with Crippen LogP contribution in [-0.2, 0) is 6.54 Å². The minimum Gasteiger partial charge on any atom is -0.456 e. The van der Waals surface area contributed by atoms with E-state index in [0.29, 0.717) is 18.2 Å². The smallest absolute Gasteiger partial charge is 0.161 e. The maximum absolute atomic E-state index is 6.46. The fraction of sp³-hybridized carbons (Fsp3) is 0.0227. The van der Waals surface area contributed by atoms with Gasteiger partial charge in [0.1, 0.15) is 22.3 Å². The molecule has 0 bridgehead atoms. The average molecular weight is 632 g/mol. The van der Waals surface area contributed by atoms with E-state index >= 15 is 0 Å². The molecule has 2 aromatic heterocycles. The quantitative estimate of drug-likeness (QED) is 0.140. The van der Waals surface area contributed by atoms with Gasteiger partial charge in [0.25, 0.3) is 0 Å². The molecule has 0 spiro atoms. The number of rotatable bonds is 5. The summed E-state index contributed by atoms with van der Waals surface area (Å²) in [6.07, 6.45) is 0. The normalized spacial score (nSPS) is 12.5. The molecule has 9 aromatic rings. The Bertz CT molecular complexity index is 2770. The predicted molar refractivity (Wildman–Crippen MR) is 203 cm³/mol. The maximum atomic E-state index is 6.46. The van der Waals surface area contributed by atoms with Crippen molar-refractivity contribution in [2.75, 3.05) is 0 Å². The molecule has 0 aliphatic rings. The van der Waals surface area contributed by atoms with Crippen LogP contribution in [0.5, 0.6) is 0 Å². The van der Waals surface area contributed by atoms with E-state index in [0.717, 1.165) is 71.7 Å². The van der Waals surface area contributed by atoms with Crippen LogP contribution in [0.2, 0.25) is 0 Å². The molecule has 0 amide bonds. The van der Waals surface area contributed by atoms with Crippen molar-refractivity contribution < 1.29 is 8.83 Å². The molecule has 0 fully saturated rings. The SMILES string of the molecule is C=NC(=NC(=NCc1ccccc1)c1cccc2c1oc1ccccc12)c1cccc2oc3cc(-c4ccc5ccccc5c4)ccc3c12. The average Bonchev–Trinajstić information content (AvgIpc) is 3.73. The molecule has 0 radical (unpaired) electrons. The van der Waals surface area contributed by atoms with Gasteiger partial charge in [0.2, 0.25) is 0 Å². The lowest BCUT2D eigenvalue weighted by Crippen LogP contribution is -2.06. The van der Waals surface area contributed by atoms with Gasteiger partial charge in [-0.1, -0.05) is 115 Å². The van der Waals surface area contributed by atoms with Crippen molar-refractivity contribution in [3.8, 4) is 11.1 Å². The van der Waals surface area contributed by atoms with E-state index in [1.54, 1.807) is 0 Å². The summed E-state index contributed by atoms with van der Waals surface area (Å²) < 4.78 is 12.9. The molecule has 0 N–H and O–H groups in total. The Balaban J connectivity index is 1.19. The second kappa shape index (κ2) is 11.9. The minimum absolute atomic E-state index is 0.442. The van der Waals surface area contributed by atoms with Gasteiger partial charge in [-0.25, -0.2) is 9.98 Å². The van der Waals surface area contributed by atoms with Crippen LogP contribution in [0.1, 0.15) is 16.7 Å². The van der Waals surface area contributed by atoms with E-state index in [2.05, 4.69) is 96.6 Å². The fourth-order valence-corrected chi connectivity index (χ4v) is 6.70. The van der Waals surface area contributed by atoms with Crippen molar-refractivity contribution >= 4 is 73.0 Å². The molecule has 0 atom stereocenters. The Morgan fingerprint density at radius 2 is 1.22 bits per heavy atom. The first kappa shape index (κ1) is 28.6. The van der Waals surface area contributed by atoms with Gasteiger partial charge >= 0.3 is 0 Å². The number of aliphatic imine (C=N–C) groups is 3. The molecule has 2 heterocycles. The Kier molecular flexibility index (Phi) is 6.95. The van der Waals surface area contributed by atoms with E-state index in [1.807, 2.05) is 66.7 Å². The Morgan fingerprint density at radius 1 is 0.510 bits per heavy atom. The largest absolute Gasteiger partial charge is 0.456 e. The molecule has 232 valence electrons. The number of hydrogen-bond donors (Lipinski definition) is 0. The van der Waals surface area contributed by atoms with Crippen molar-refractivity contribution in [3.63, 3.8) is 0 Å². The second-order valence-electron chi connectivity index (χ2n) is 12.1. The second-order valence-corrected chi connectivity index (χ2v) is 12.1. The molecule has 5 nitrogen and oxygen atoms in total. The van der Waals surface area contributed by atoms with Crippen LogP contribution in [0, 0.1) is 0 Å². The minimum atomic E-state index is 0.442. The zero-order chi connectivity index (χ0) is 32.7. The lowest BCUT2D eigenvalue weighted by atomic mass is 9.99. The third kappa shape index (κ3) is 5.09. The number of benzene rings is 7. The van der Waals surface area contributed by atoms with Crippen molar-refractivity contribution in [2.24, 2.45) is 15.0 Å². The first-order valence-corrected chi connectivity index (χ1v) is 16.2. The van der Waals surface area contributed by atoms with Gasteiger partial charge in [-0.3, -0.25) is 4.99 Å². The number of para-hydroxylation sites is 2. The van der Waals surface area contributed by atoms with Gasteiger partial charge in [0.05, 0.1) is 12.1 Å². The summed E-state index contributed by atoms with van der Waals surface area (Å²) in [5, 5.41) is 6.38. The number of furan rings is 2. The highest BCUT2D eigenvalue weighted by atomic mass is 16.3. The number of nitrogens with zero attached hydrogens (tertiary/aromatic N) is 3. The molecular formula is C44H29N3O2. The zero-order valence-electron chi connectivity index (χ0n) is 26.5. The van der Waals surface area contributed by atoms with Crippen LogP contribution in [0.4, 0.5) is 0 Å². The number of hydrogen-bond acceptors (Lipinski definition) is 3. The summed E-state index contributed by atoms with van der Waals surface area (Å²) in [6, 6.07) is 51.6. The third-order valence-corrected chi connectivity index (χ3v) is 9.08. The molecule has 0 aliphatic carbocycles. The summed E-state index contributed by atoms with van der Waals surface area (Å²) >= 11 is 0. The van der Waals surface area contributed by atoms with Crippen molar-refractivity contribution in [1.82, 2.24) is 0 Å². The van der Waals surface area contributed by atoms with Crippen LogP contribution in [0.25, 0.3) is 65.8 Å². The molecule has 5 heteroatoms. The zero-order valence-corrected chi connectivity index (χ0v) is 26.5. The van der Waals surface area contributed by atoms with Crippen molar-refractivity contribution in [3.05, 3.63) is 168 Å². The van der Waals surface area contributed by atoms with Crippen LogP contribution in [0.3, 0.4) is 0 Å². The van der Waals surface area contributed by atoms with Gasteiger partial charge in [0, 0.05) is 27.1 Å². The summed E-state index contributed by atoms with van der Waals surface area (Å²) in [5.41, 5.74) is 7.99. The molecule has 0 unspecified atom stereocenters. The number of amidine groups is 2. The lowest BCUT2D eigenvalue weighted by molar-refractivity contribution is 0.668. The topological polar surface area (TPSA) is 63.4 Å². The molecule has 9 rings (SSSR count). The number of fused-ring (bicyclic) bond motifs is 7. The monoisotopic (exact) mass is 631 g/mol. The first-order chi connectivity index (χ1) is 24.2. The van der Waals surface area contributed by atoms with E-state index in [9.17, 15) is 0 Å². The lowest BCUT2D eigenvalue weighted by Gasteiger charge is -2.08. The van der Waals surface area contributed by atoms with E-state index in [1.165, 1.54) is 10.8 Å². The van der Waals surface area contributed by atoms with Gasteiger partial charge in [0.15, 0.2) is 11.7 Å². The summed E-state index contributed by atoms with van der Waals surface area (Å²) in [7, 11) is 0. The van der Waals surface area contributed by atoms with Gasteiger partial charge in [-0.05, 0) is 70.6 Å². The van der Waals surface area contributed by atoms with Gasteiger partial charge in [-0.2, -0.15) is 0 Å². The molecule has 0 aliphatic heterocycles. The third-order valence-electron chi connectivity index (χ3n) is 9.08. The Hall–Kier alpha value is -6.59. The fourth-order valence-electron chi connectivity index (χ4n) is 6.70. The highest BCUT2D eigenvalue weighted by Gasteiger charge is 2.19. The molecular weight excluding hydrogens is 603 g/mol. The molecule has 7 aromatic carbocycles. The van der Waals surface area contributed by atoms with Crippen LogP contribution in [-0.4, -0.2) is 18.4 Å². The van der Waals surface area contributed by atoms with Crippen LogP contribution < -0.4 is 0 Å². The summed E-state index contributed by atoms with van der Waals surface area (Å²) in [6.45, 7) is 4.40.